The van der Waals surface area contributed by atoms with Gasteiger partial charge in [0.05, 0.1) is 6.10 Å². The molecule has 1 fully saturated rings. The third-order valence-electron chi connectivity index (χ3n) is 2.40. The molecule has 54 valence electrons. The molecule has 1 aliphatic carbocycles. The molecule has 2 nitrogen and oxygen atoms in total. The molecule has 1 rings (SSSR count). The summed E-state index contributed by atoms with van der Waals surface area (Å²) in [7, 11) is 1.70. The van der Waals surface area contributed by atoms with Gasteiger partial charge in [-0.3, -0.25) is 0 Å². The Balaban J connectivity index is 2.45. The van der Waals surface area contributed by atoms with Crippen LogP contribution in [0.4, 0.5) is 0 Å². The molecule has 0 spiro atoms. The molecule has 0 aromatic rings. The van der Waals surface area contributed by atoms with E-state index in [-0.39, 0.29) is 18.1 Å². The Hall–Kier alpha value is -0.0800. The van der Waals surface area contributed by atoms with Crippen molar-refractivity contribution in [2.45, 2.75) is 20.0 Å². The lowest BCUT2D eigenvalue weighted by atomic mass is 10.1. The summed E-state index contributed by atoms with van der Waals surface area (Å²) in [5.41, 5.74) is 0.212. The Kier molecular flexibility index (Phi) is 1.53. The van der Waals surface area contributed by atoms with Crippen LogP contribution >= 0.6 is 0 Å². The minimum atomic E-state index is 0.212. The second-order valence-electron chi connectivity index (χ2n) is 3.27. The first-order valence-electron chi connectivity index (χ1n) is 3.28. The summed E-state index contributed by atoms with van der Waals surface area (Å²) in [5.74, 6) is 0.363. The van der Waals surface area contributed by atoms with Gasteiger partial charge in [0.2, 0.25) is 0 Å². The SMILES string of the molecule is CO[C@@H]1[C@H](CO)C1(C)C. The molecule has 0 aliphatic heterocycles. The van der Waals surface area contributed by atoms with Crippen LogP contribution in [-0.4, -0.2) is 24.9 Å². The molecule has 0 radical (unpaired) electrons. The molecular formula is C7H14O2. The average Bonchev–Trinajstić information content (AvgIpc) is 2.32. The van der Waals surface area contributed by atoms with Crippen LogP contribution < -0.4 is 0 Å². The Bertz CT molecular complexity index is 97.5. The van der Waals surface area contributed by atoms with Gasteiger partial charge >= 0.3 is 0 Å². The fraction of sp³-hybridized carbons (Fsp3) is 1.00. The van der Waals surface area contributed by atoms with Crippen LogP contribution in [0.25, 0.3) is 0 Å². The van der Waals surface area contributed by atoms with E-state index in [0.29, 0.717) is 5.92 Å². The molecule has 2 atom stereocenters. The Morgan fingerprint density at radius 3 is 2.22 bits per heavy atom. The first-order chi connectivity index (χ1) is 4.14. The van der Waals surface area contributed by atoms with Crippen LogP contribution in [0.2, 0.25) is 0 Å². The van der Waals surface area contributed by atoms with Gasteiger partial charge in [-0.2, -0.15) is 0 Å². The molecule has 2 heteroatoms. The summed E-state index contributed by atoms with van der Waals surface area (Å²) >= 11 is 0. The van der Waals surface area contributed by atoms with Crippen molar-refractivity contribution in [3.8, 4) is 0 Å². The van der Waals surface area contributed by atoms with Crippen molar-refractivity contribution < 1.29 is 9.84 Å². The van der Waals surface area contributed by atoms with Gasteiger partial charge < -0.3 is 9.84 Å². The van der Waals surface area contributed by atoms with Crippen molar-refractivity contribution in [3.63, 3.8) is 0 Å². The maximum Gasteiger partial charge on any atom is 0.0682 e. The van der Waals surface area contributed by atoms with Gasteiger partial charge in [0.25, 0.3) is 0 Å². The van der Waals surface area contributed by atoms with Gasteiger partial charge in [0.15, 0.2) is 0 Å². The molecule has 0 aromatic heterocycles. The quantitative estimate of drug-likeness (QED) is 0.594. The predicted octanol–water partition coefficient (Wildman–Crippen LogP) is 0.650. The maximum absolute atomic E-state index is 8.76. The van der Waals surface area contributed by atoms with Crippen molar-refractivity contribution in [1.29, 1.82) is 0 Å². The highest BCUT2D eigenvalue weighted by molar-refractivity contribution is 5.06. The number of rotatable bonds is 2. The van der Waals surface area contributed by atoms with E-state index in [4.69, 9.17) is 9.84 Å². The fourth-order valence-electron chi connectivity index (χ4n) is 1.49. The topological polar surface area (TPSA) is 29.5 Å². The number of aliphatic hydroxyl groups excluding tert-OH is 1. The highest BCUT2D eigenvalue weighted by Gasteiger charge is 2.57. The van der Waals surface area contributed by atoms with Crippen LogP contribution in [0.3, 0.4) is 0 Å². The number of ether oxygens (including phenoxy) is 1. The van der Waals surface area contributed by atoms with Crippen molar-refractivity contribution in [1.82, 2.24) is 0 Å². The van der Waals surface area contributed by atoms with E-state index >= 15 is 0 Å². The summed E-state index contributed by atoms with van der Waals surface area (Å²) in [6.07, 6.45) is 0.280. The highest BCUT2D eigenvalue weighted by atomic mass is 16.5. The lowest BCUT2D eigenvalue weighted by Crippen LogP contribution is -1.96. The van der Waals surface area contributed by atoms with E-state index in [2.05, 4.69) is 13.8 Å². The number of hydrogen-bond acceptors (Lipinski definition) is 2. The van der Waals surface area contributed by atoms with E-state index in [1.165, 1.54) is 0 Å². The monoisotopic (exact) mass is 130 g/mol. The van der Waals surface area contributed by atoms with Gasteiger partial charge in [-0.25, -0.2) is 0 Å². The van der Waals surface area contributed by atoms with Crippen molar-refractivity contribution in [2.75, 3.05) is 13.7 Å². The normalized spacial score (nSPS) is 38.7. The van der Waals surface area contributed by atoms with Gasteiger partial charge in [-0.15, -0.1) is 0 Å². The smallest absolute Gasteiger partial charge is 0.0682 e. The van der Waals surface area contributed by atoms with Gasteiger partial charge in [0, 0.05) is 19.6 Å². The third kappa shape index (κ3) is 0.864. The molecule has 0 saturated heterocycles. The minimum absolute atomic E-state index is 0.212. The standard InChI is InChI=1S/C7H14O2/c1-7(2)5(4-8)6(7)9-3/h5-6,8H,4H2,1-3H3/t5-,6+/m0/s1. The van der Waals surface area contributed by atoms with E-state index in [1.54, 1.807) is 7.11 Å². The Morgan fingerprint density at radius 1 is 1.56 bits per heavy atom. The van der Waals surface area contributed by atoms with Crippen LogP contribution in [0.1, 0.15) is 13.8 Å². The van der Waals surface area contributed by atoms with Crippen LogP contribution in [0, 0.1) is 11.3 Å². The zero-order valence-corrected chi connectivity index (χ0v) is 6.22. The second-order valence-corrected chi connectivity index (χ2v) is 3.27. The van der Waals surface area contributed by atoms with Gasteiger partial charge in [0.1, 0.15) is 0 Å². The number of hydrogen-bond donors (Lipinski definition) is 1. The van der Waals surface area contributed by atoms with E-state index < -0.39 is 0 Å². The zero-order valence-electron chi connectivity index (χ0n) is 6.22. The predicted molar refractivity (Wildman–Crippen MR) is 35.2 cm³/mol. The van der Waals surface area contributed by atoms with Crippen LogP contribution in [0.15, 0.2) is 0 Å². The second kappa shape index (κ2) is 1.96. The Labute approximate surface area is 55.8 Å². The summed E-state index contributed by atoms with van der Waals surface area (Å²) < 4.78 is 5.12. The highest BCUT2D eigenvalue weighted by Crippen LogP contribution is 2.53. The molecule has 0 bridgehead atoms. The third-order valence-corrected chi connectivity index (χ3v) is 2.40. The van der Waals surface area contributed by atoms with Crippen molar-refractivity contribution in [3.05, 3.63) is 0 Å². The molecule has 1 saturated carbocycles. The molecule has 1 aliphatic rings. The Morgan fingerprint density at radius 2 is 2.11 bits per heavy atom. The molecular weight excluding hydrogens is 116 g/mol. The molecule has 1 N–H and O–H groups in total. The van der Waals surface area contributed by atoms with E-state index in [1.807, 2.05) is 0 Å². The summed E-state index contributed by atoms with van der Waals surface area (Å²) in [6.45, 7) is 4.48. The summed E-state index contributed by atoms with van der Waals surface area (Å²) in [6, 6.07) is 0. The molecule has 0 amide bonds. The molecule has 0 heterocycles. The van der Waals surface area contributed by atoms with Gasteiger partial charge in [-0.1, -0.05) is 13.8 Å². The summed E-state index contributed by atoms with van der Waals surface area (Å²) in [4.78, 5) is 0. The minimum Gasteiger partial charge on any atom is -0.396 e. The number of methoxy groups -OCH3 is 1. The average molecular weight is 130 g/mol. The molecule has 0 unspecified atom stereocenters. The molecule has 0 aromatic carbocycles. The first kappa shape index (κ1) is 7.03. The van der Waals surface area contributed by atoms with Crippen molar-refractivity contribution in [2.24, 2.45) is 11.3 Å². The van der Waals surface area contributed by atoms with E-state index in [9.17, 15) is 0 Å². The van der Waals surface area contributed by atoms with Crippen molar-refractivity contribution >= 4 is 0 Å². The lowest BCUT2D eigenvalue weighted by molar-refractivity contribution is 0.139. The number of aliphatic hydroxyl groups is 1. The summed E-state index contributed by atoms with van der Waals surface area (Å²) in [5, 5.41) is 8.76. The lowest BCUT2D eigenvalue weighted by Gasteiger charge is -1.97. The van der Waals surface area contributed by atoms with Crippen LogP contribution in [-0.2, 0) is 4.74 Å². The first-order valence-corrected chi connectivity index (χ1v) is 3.28. The largest absolute Gasteiger partial charge is 0.396 e. The fourth-order valence-corrected chi connectivity index (χ4v) is 1.49. The maximum atomic E-state index is 8.76. The van der Waals surface area contributed by atoms with E-state index in [0.717, 1.165) is 0 Å². The molecule has 9 heavy (non-hydrogen) atoms. The zero-order chi connectivity index (χ0) is 7.07. The van der Waals surface area contributed by atoms with Gasteiger partial charge in [-0.05, 0) is 5.41 Å². The van der Waals surface area contributed by atoms with Crippen LogP contribution in [0.5, 0.6) is 0 Å².